The van der Waals surface area contributed by atoms with Gasteiger partial charge in [0.2, 0.25) is 11.8 Å². The highest BCUT2D eigenvalue weighted by atomic mass is 79.9. The molecule has 100 valence electrons. The van der Waals surface area contributed by atoms with Crippen molar-refractivity contribution in [3.05, 3.63) is 28.6 Å². The van der Waals surface area contributed by atoms with Gasteiger partial charge in [-0.15, -0.1) is 0 Å². The molecule has 1 saturated heterocycles. The van der Waals surface area contributed by atoms with Crippen LogP contribution in [0.25, 0.3) is 0 Å². The van der Waals surface area contributed by atoms with Crippen LogP contribution >= 0.6 is 15.9 Å². The molecule has 3 rings (SSSR count). The maximum Gasteiger partial charge on any atom is 0.225 e. The number of hydrogen-bond donors (Lipinski definition) is 0. The predicted octanol–water partition coefficient (Wildman–Crippen LogP) is 2.31. The molecule has 1 aliphatic rings. The maximum atomic E-state index is 5.06. The van der Waals surface area contributed by atoms with E-state index in [1.165, 1.54) is 0 Å². The van der Waals surface area contributed by atoms with Crippen molar-refractivity contribution < 1.29 is 4.52 Å². The first-order chi connectivity index (χ1) is 9.22. The van der Waals surface area contributed by atoms with Crippen molar-refractivity contribution in [1.29, 1.82) is 0 Å². The third-order valence-electron chi connectivity index (χ3n) is 3.22. The van der Waals surface area contributed by atoms with E-state index >= 15 is 0 Å². The summed E-state index contributed by atoms with van der Waals surface area (Å²) in [4.78, 5) is 15.2. The molecule has 0 aromatic carbocycles. The van der Waals surface area contributed by atoms with Crippen LogP contribution in [-0.2, 0) is 0 Å². The Morgan fingerprint density at radius 3 is 2.84 bits per heavy atom. The van der Waals surface area contributed by atoms with E-state index in [9.17, 15) is 0 Å². The second-order valence-electron chi connectivity index (χ2n) is 4.66. The zero-order chi connectivity index (χ0) is 13.2. The normalized spacial score (nSPS) is 19.7. The largest absolute Gasteiger partial charge is 0.340 e. The van der Waals surface area contributed by atoms with Crippen LogP contribution in [0, 0.1) is 6.92 Å². The van der Waals surface area contributed by atoms with Crippen LogP contribution in [0.3, 0.4) is 0 Å². The number of nitrogens with zero attached hydrogens (tertiary/aromatic N) is 5. The van der Waals surface area contributed by atoms with Crippen molar-refractivity contribution in [3.63, 3.8) is 0 Å². The first-order valence-corrected chi connectivity index (χ1v) is 7.04. The number of anilines is 1. The number of rotatable bonds is 2. The lowest BCUT2D eigenvalue weighted by molar-refractivity contribution is 0.376. The summed E-state index contributed by atoms with van der Waals surface area (Å²) in [6.45, 7) is 3.62. The number of halogens is 1. The molecule has 1 fully saturated rings. The summed E-state index contributed by atoms with van der Waals surface area (Å²) >= 11 is 3.34. The molecule has 7 heteroatoms. The van der Waals surface area contributed by atoms with Crippen molar-refractivity contribution in [3.8, 4) is 0 Å². The fourth-order valence-electron chi connectivity index (χ4n) is 2.32. The van der Waals surface area contributed by atoms with E-state index in [-0.39, 0.29) is 0 Å². The molecule has 0 radical (unpaired) electrons. The van der Waals surface area contributed by atoms with E-state index in [2.05, 4.69) is 40.9 Å². The monoisotopic (exact) mass is 323 g/mol. The van der Waals surface area contributed by atoms with Gasteiger partial charge in [-0.1, -0.05) is 5.16 Å². The average Bonchev–Trinajstić information content (AvgIpc) is 2.86. The van der Waals surface area contributed by atoms with Crippen LogP contribution in [-0.4, -0.2) is 33.2 Å². The highest BCUT2D eigenvalue weighted by molar-refractivity contribution is 9.10. The van der Waals surface area contributed by atoms with Crippen molar-refractivity contribution >= 4 is 21.9 Å². The SMILES string of the molecule is Cc1nc([C@H]2CCCN(c3ncc(Br)cn3)C2)no1. The maximum absolute atomic E-state index is 5.06. The Kier molecular flexibility index (Phi) is 3.46. The Bertz CT molecular complexity index is 556. The molecule has 2 aromatic rings. The molecule has 1 atom stereocenters. The standard InChI is InChI=1S/C12H14BrN5O/c1-8-16-11(17-19-8)9-3-2-4-18(7-9)12-14-5-10(13)6-15-12/h5-6,9H,2-4,7H2,1H3/t9-/m0/s1. The lowest BCUT2D eigenvalue weighted by Gasteiger charge is -2.31. The zero-order valence-corrected chi connectivity index (χ0v) is 12.2. The Morgan fingerprint density at radius 1 is 1.37 bits per heavy atom. The minimum atomic E-state index is 0.290. The Balaban J connectivity index is 1.76. The second kappa shape index (κ2) is 5.24. The third kappa shape index (κ3) is 2.75. The summed E-state index contributed by atoms with van der Waals surface area (Å²) in [5.74, 6) is 2.46. The number of aryl methyl sites for hydroxylation is 1. The van der Waals surface area contributed by atoms with Crippen LogP contribution in [0.4, 0.5) is 5.95 Å². The zero-order valence-electron chi connectivity index (χ0n) is 10.6. The van der Waals surface area contributed by atoms with Gasteiger partial charge in [-0.2, -0.15) is 4.98 Å². The van der Waals surface area contributed by atoms with Gasteiger partial charge in [-0.25, -0.2) is 9.97 Å². The van der Waals surface area contributed by atoms with Crippen LogP contribution in [0.15, 0.2) is 21.4 Å². The first kappa shape index (κ1) is 12.5. The van der Waals surface area contributed by atoms with E-state index in [0.29, 0.717) is 11.8 Å². The van der Waals surface area contributed by atoms with Crippen molar-refractivity contribution in [2.75, 3.05) is 18.0 Å². The summed E-state index contributed by atoms with van der Waals surface area (Å²) in [5.41, 5.74) is 0. The highest BCUT2D eigenvalue weighted by Gasteiger charge is 2.26. The number of aromatic nitrogens is 4. The Hall–Kier alpha value is -1.50. The minimum Gasteiger partial charge on any atom is -0.340 e. The summed E-state index contributed by atoms with van der Waals surface area (Å²) in [5, 5.41) is 4.02. The van der Waals surface area contributed by atoms with E-state index in [0.717, 1.165) is 42.2 Å². The summed E-state index contributed by atoms with van der Waals surface area (Å²) < 4.78 is 5.94. The lowest BCUT2D eigenvalue weighted by atomic mass is 9.98. The molecule has 2 aromatic heterocycles. The van der Waals surface area contributed by atoms with Gasteiger partial charge in [0.05, 0.1) is 4.47 Å². The Labute approximate surface area is 119 Å². The molecule has 0 saturated carbocycles. The van der Waals surface area contributed by atoms with Gasteiger partial charge in [0.25, 0.3) is 0 Å². The summed E-state index contributed by atoms with van der Waals surface area (Å²) in [6.07, 6.45) is 5.69. The molecule has 0 bridgehead atoms. The first-order valence-electron chi connectivity index (χ1n) is 6.25. The van der Waals surface area contributed by atoms with E-state index in [4.69, 9.17) is 4.52 Å². The van der Waals surface area contributed by atoms with Gasteiger partial charge in [-0.3, -0.25) is 0 Å². The summed E-state index contributed by atoms with van der Waals surface area (Å²) in [7, 11) is 0. The predicted molar refractivity (Wildman–Crippen MR) is 73.0 cm³/mol. The average molecular weight is 324 g/mol. The number of hydrogen-bond acceptors (Lipinski definition) is 6. The molecule has 0 unspecified atom stereocenters. The fraction of sp³-hybridized carbons (Fsp3) is 0.500. The molecule has 6 nitrogen and oxygen atoms in total. The molecule has 0 aliphatic carbocycles. The third-order valence-corrected chi connectivity index (χ3v) is 3.63. The van der Waals surface area contributed by atoms with Crippen LogP contribution in [0.2, 0.25) is 0 Å². The van der Waals surface area contributed by atoms with E-state index in [1.807, 2.05) is 6.92 Å². The van der Waals surface area contributed by atoms with Gasteiger partial charge in [0, 0.05) is 38.3 Å². The molecule has 3 heterocycles. The van der Waals surface area contributed by atoms with Crippen LogP contribution in [0.1, 0.15) is 30.5 Å². The quantitative estimate of drug-likeness (QED) is 0.844. The minimum absolute atomic E-state index is 0.290. The molecular weight excluding hydrogens is 310 g/mol. The smallest absolute Gasteiger partial charge is 0.225 e. The van der Waals surface area contributed by atoms with Crippen molar-refractivity contribution in [2.24, 2.45) is 0 Å². The molecule has 0 N–H and O–H groups in total. The topological polar surface area (TPSA) is 67.9 Å². The van der Waals surface area contributed by atoms with E-state index < -0.39 is 0 Å². The van der Waals surface area contributed by atoms with Gasteiger partial charge in [-0.05, 0) is 28.8 Å². The van der Waals surface area contributed by atoms with Gasteiger partial charge >= 0.3 is 0 Å². The molecule has 0 amide bonds. The molecule has 0 spiro atoms. The van der Waals surface area contributed by atoms with Gasteiger partial charge in [0.1, 0.15) is 0 Å². The number of piperidine rings is 1. The Morgan fingerprint density at radius 2 is 2.16 bits per heavy atom. The van der Waals surface area contributed by atoms with Gasteiger partial charge in [0.15, 0.2) is 5.82 Å². The lowest BCUT2D eigenvalue weighted by Crippen LogP contribution is -2.35. The van der Waals surface area contributed by atoms with Crippen molar-refractivity contribution in [2.45, 2.75) is 25.7 Å². The molecule has 1 aliphatic heterocycles. The molecule has 19 heavy (non-hydrogen) atoms. The molecular formula is C12H14BrN5O. The highest BCUT2D eigenvalue weighted by Crippen LogP contribution is 2.26. The summed E-state index contributed by atoms with van der Waals surface area (Å²) in [6, 6.07) is 0. The fourth-order valence-corrected chi connectivity index (χ4v) is 2.52. The van der Waals surface area contributed by atoms with E-state index in [1.54, 1.807) is 12.4 Å². The second-order valence-corrected chi connectivity index (χ2v) is 5.57. The van der Waals surface area contributed by atoms with Crippen molar-refractivity contribution in [1.82, 2.24) is 20.1 Å². The van der Waals surface area contributed by atoms with Crippen LogP contribution < -0.4 is 4.90 Å². The van der Waals surface area contributed by atoms with Gasteiger partial charge < -0.3 is 9.42 Å². The van der Waals surface area contributed by atoms with Crippen LogP contribution in [0.5, 0.6) is 0 Å².